The van der Waals surface area contributed by atoms with Gasteiger partial charge in [-0.25, -0.2) is 0 Å². The van der Waals surface area contributed by atoms with Crippen molar-refractivity contribution in [2.24, 2.45) is 18.2 Å². The fourth-order valence-corrected chi connectivity index (χ4v) is 3.26. The lowest BCUT2D eigenvalue weighted by atomic mass is 9.78. The van der Waals surface area contributed by atoms with Crippen molar-refractivity contribution >= 4 is 5.82 Å². The Balaban J connectivity index is 2.21. The Labute approximate surface area is 123 Å². The molecule has 0 aliphatic carbocycles. The SMILES string of the molecule is CCC1(C)CCN(c2c(CC(C)N)c(C)nn2C)CC1. The highest BCUT2D eigenvalue weighted by Gasteiger charge is 2.30. The summed E-state index contributed by atoms with van der Waals surface area (Å²) in [5, 5.41) is 4.62. The summed E-state index contributed by atoms with van der Waals surface area (Å²) in [6, 6.07) is 0.183. The number of hydrogen-bond acceptors (Lipinski definition) is 3. The molecule has 0 amide bonds. The fraction of sp³-hybridized carbons (Fsp3) is 0.812. The molecule has 20 heavy (non-hydrogen) atoms. The molecule has 1 aliphatic rings. The largest absolute Gasteiger partial charge is 0.357 e. The summed E-state index contributed by atoms with van der Waals surface area (Å²) in [5.41, 5.74) is 8.99. The average molecular weight is 278 g/mol. The van der Waals surface area contributed by atoms with Crippen LogP contribution in [0.15, 0.2) is 0 Å². The second-order valence-electron chi connectivity index (χ2n) is 6.84. The lowest BCUT2D eigenvalue weighted by molar-refractivity contribution is 0.237. The Morgan fingerprint density at radius 2 is 1.95 bits per heavy atom. The van der Waals surface area contributed by atoms with Crippen LogP contribution in [0.3, 0.4) is 0 Å². The number of aryl methyl sites for hydroxylation is 2. The first-order valence-electron chi connectivity index (χ1n) is 7.89. The standard InChI is InChI=1S/C16H30N4/c1-6-16(4)7-9-20(10-8-16)15-14(11-12(2)17)13(3)18-19(15)5/h12H,6-11,17H2,1-5H3. The predicted octanol–water partition coefficient (Wildman–Crippen LogP) is 2.63. The van der Waals surface area contributed by atoms with Gasteiger partial charge in [0.15, 0.2) is 0 Å². The Hall–Kier alpha value is -1.03. The maximum atomic E-state index is 6.01. The van der Waals surface area contributed by atoms with E-state index in [9.17, 15) is 0 Å². The highest BCUT2D eigenvalue weighted by molar-refractivity contribution is 5.51. The van der Waals surface area contributed by atoms with Crippen molar-refractivity contribution in [2.45, 2.75) is 59.4 Å². The molecule has 0 spiro atoms. The minimum absolute atomic E-state index is 0.183. The Bertz CT molecular complexity index is 453. The van der Waals surface area contributed by atoms with Crippen molar-refractivity contribution in [3.8, 4) is 0 Å². The number of rotatable bonds is 4. The van der Waals surface area contributed by atoms with E-state index in [0.29, 0.717) is 5.41 Å². The monoisotopic (exact) mass is 278 g/mol. The van der Waals surface area contributed by atoms with Gasteiger partial charge >= 0.3 is 0 Å². The van der Waals surface area contributed by atoms with Crippen molar-refractivity contribution < 1.29 is 0 Å². The summed E-state index contributed by atoms with van der Waals surface area (Å²) in [7, 11) is 2.06. The lowest BCUT2D eigenvalue weighted by Crippen LogP contribution is -2.40. The number of hydrogen-bond donors (Lipinski definition) is 1. The molecule has 4 heteroatoms. The normalized spacial score (nSPS) is 20.2. The third-order valence-electron chi connectivity index (χ3n) is 4.96. The van der Waals surface area contributed by atoms with Gasteiger partial charge in [-0.15, -0.1) is 0 Å². The van der Waals surface area contributed by atoms with Crippen LogP contribution in [-0.2, 0) is 13.5 Å². The van der Waals surface area contributed by atoms with E-state index in [1.807, 2.05) is 4.68 Å². The van der Waals surface area contributed by atoms with Crippen LogP contribution in [0.5, 0.6) is 0 Å². The molecule has 0 aromatic carbocycles. The minimum atomic E-state index is 0.183. The molecule has 0 radical (unpaired) electrons. The van der Waals surface area contributed by atoms with Gasteiger partial charge in [0.05, 0.1) is 5.69 Å². The van der Waals surface area contributed by atoms with E-state index >= 15 is 0 Å². The highest BCUT2D eigenvalue weighted by atomic mass is 15.4. The number of aromatic nitrogens is 2. The van der Waals surface area contributed by atoms with Gasteiger partial charge in [0.2, 0.25) is 0 Å². The molecule has 1 aliphatic heterocycles. The van der Waals surface area contributed by atoms with E-state index in [2.05, 4.69) is 44.7 Å². The van der Waals surface area contributed by atoms with Gasteiger partial charge in [-0.1, -0.05) is 20.3 Å². The van der Waals surface area contributed by atoms with Crippen LogP contribution >= 0.6 is 0 Å². The molecule has 1 fully saturated rings. The molecule has 1 unspecified atom stereocenters. The smallest absolute Gasteiger partial charge is 0.130 e. The molecule has 1 aromatic heterocycles. The van der Waals surface area contributed by atoms with Gasteiger partial charge in [0.25, 0.3) is 0 Å². The van der Waals surface area contributed by atoms with Crippen molar-refractivity contribution in [2.75, 3.05) is 18.0 Å². The number of anilines is 1. The molecule has 1 atom stereocenters. The number of nitrogens with two attached hydrogens (primary N) is 1. The van der Waals surface area contributed by atoms with E-state index in [-0.39, 0.29) is 6.04 Å². The predicted molar refractivity (Wildman–Crippen MR) is 85.1 cm³/mol. The molecule has 1 saturated heterocycles. The zero-order chi connectivity index (χ0) is 14.9. The van der Waals surface area contributed by atoms with Crippen molar-refractivity contribution in [1.82, 2.24) is 9.78 Å². The first-order valence-corrected chi connectivity index (χ1v) is 7.89. The number of nitrogens with zero attached hydrogens (tertiary/aromatic N) is 3. The summed E-state index contributed by atoms with van der Waals surface area (Å²) in [6.45, 7) is 11.2. The zero-order valence-electron chi connectivity index (χ0n) is 13.7. The maximum absolute atomic E-state index is 6.01. The van der Waals surface area contributed by atoms with E-state index in [0.717, 1.165) is 25.2 Å². The van der Waals surface area contributed by atoms with Crippen LogP contribution in [0.4, 0.5) is 5.82 Å². The molecule has 0 saturated carbocycles. The second-order valence-corrected chi connectivity index (χ2v) is 6.84. The second kappa shape index (κ2) is 5.76. The minimum Gasteiger partial charge on any atom is -0.357 e. The molecule has 2 N–H and O–H groups in total. The van der Waals surface area contributed by atoms with Gasteiger partial charge in [-0.05, 0) is 38.5 Å². The third kappa shape index (κ3) is 3.00. The zero-order valence-corrected chi connectivity index (χ0v) is 13.7. The molecular weight excluding hydrogens is 248 g/mol. The summed E-state index contributed by atoms with van der Waals surface area (Å²) in [6.07, 6.45) is 4.73. The Morgan fingerprint density at radius 3 is 2.45 bits per heavy atom. The van der Waals surface area contributed by atoms with Crippen molar-refractivity contribution in [3.05, 3.63) is 11.3 Å². The highest BCUT2D eigenvalue weighted by Crippen LogP contribution is 2.37. The first-order chi connectivity index (χ1) is 9.36. The van der Waals surface area contributed by atoms with Crippen molar-refractivity contribution in [3.63, 3.8) is 0 Å². The maximum Gasteiger partial charge on any atom is 0.130 e. The molecule has 1 aromatic rings. The molecule has 114 valence electrons. The topological polar surface area (TPSA) is 47.1 Å². The summed E-state index contributed by atoms with van der Waals surface area (Å²) in [5.74, 6) is 1.29. The number of piperidine rings is 1. The van der Waals surface area contributed by atoms with Gasteiger partial charge < -0.3 is 10.6 Å². The van der Waals surface area contributed by atoms with Gasteiger partial charge in [-0.2, -0.15) is 5.10 Å². The Kier molecular flexibility index (Phi) is 4.43. The molecule has 2 rings (SSSR count). The van der Waals surface area contributed by atoms with E-state index < -0.39 is 0 Å². The quantitative estimate of drug-likeness (QED) is 0.921. The van der Waals surface area contributed by atoms with Crippen LogP contribution in [-0.4, -0.2) is 28.9 Å². The summed E-state index contributed by atoms with van der Waals surface area (Å²) < 4.78 is 2.04. The van der Waals surface area contributed by atoms with E-state index in [1.165, 1.54) is 30.6 Å². The van der Waals surface area contributed by atoms with Crippen LogP contribution in [0.2, 0.25) is 0 Å². The first kappa shape index (κ1) is 15.4. The Morgan fingerprint density at radius 1 is 1.35 bits per heavy atom. The summed E-state index contributed by atoms with van der Waals surface area (Å²) >= 11 is 0. The fourth-order valence-electron chi connectivity index (χ4n) is 3.26. The molecule has 0 bridgehead atoms. The van der Waals surface area contributed by atoms with Crippen molar-refractivity contribution in [1.29, 1.82) is 0 Å². The molecular formula is C16H30N4. The van der Waals surface area contributed by atoms with Gasteiger partial charge in [0.1, 0.15) is 5.82 Å². The lowest BCUT2D eigenvalue weighted by Gasteiger charge is -2.40. The van der Waals surface area contributed by atoms with Gasteiger partial charge in [-0.3, -0.25) is 4.68 Å². The van der Waals surface area contributed by atoms with E-state index in [4.69, 9.17) is 5.73 Å². The average Bonchev–Trinajstić information content (AvgIpc) is 2.65. The van der Waals surface area contributed by atoms with E-state index in [1.54, 1.807) is 0 Å². The van der Waals surface area contributed by atoms with Crippen LogP contribution < -0.4 is 10.6 Å². The van der Waals surface area contributed by atoms with Crippen LogP contribution in [0.25, 0.3) is 0 Å². The van der Waals surface area contributed by atoms with Gasteiger partial charge in [0, 0.05) is 31.7 Å². The molecule has 2 heterocycles. The third-order valence-corrected chi connectivity index (χ3v) is 4.96. The molecule has 4 nitrogen and oxygen atoms in total. The van der Waals surface area contributed by atoms with Crippen LogP contribution in [0.1, 0.15) is 51.3 Å². The van der Waals surface area contributed by atoms with Crippen LogP contribution in [0, 0.1) is 12.3 Å². The summed E-state index contributed by atoms with van der Waals surface area (Å²) in [4.78, 5) is 2.51.